The lowest BCUT2D eigenvalue weighted by Gasteiger charge is -2.23. The molecular weight excluding hydrogens is 440 g/mol. The van der Waals surface area contributed by atoms with Gasteiger partial charge in [0.15, 0.2) is 0 Å². The second-order valence-corrected chi connectivity index (χ2v) is 8.68. The van der Waals surface area contributed by atoms with Crippen molar-refractivity contribution in [2.45, 2.75) is 32.4 Å². The van der Waals surface area contributed by atoms with Gasteiger partial charge < -0.3 is 10.6 Å². The minimum absolute atomic E-state index is 0.0486. The Bertz CT molecular complexity index is 1100. The van der Waals surface area contributed by atoms with Crippen molar-refractivity contribution in [3.63, 3.8) is 0 Å². The molecule has 0 bridgehead atoms. The summed E-state index contributed by atoms with van der Waals surface area (Å²) in [6.45, 7) is 2.62. The van der Waals surface area contributed by atoms with E-state index < -0.39 is 5.91 Å². The molecule has 2 amide bonds. The first kappa shape index (κ1) is 20.4. The largest absolute Gasteiger partial charge is 0.366 e. The number of amides is 2. The summed E-state index contributed by atoms with van der Waals surface area (Å²) in [6.07, 6.45) is 2.10. The van der Waals surface area contributed by atoms with Gasteiger partial charge in [0.1, 0.15) is 0 Å². The van der Waals surface area contributed by atoms with Gasteiger partial charge in [0.05, 0.1) is 0 Å². The molecule has 0 atom stereocenters. The summed E-state index contributed by atoms with van der Waals surface area (Å²) in [4.78, 5) is 26.7. The second kappa shape index (κ2) is 8.44. The van der Waals surface area contributed by atoms with Crippen molar-refractivity contribution in [3.05, 3.63) is 93.5 Å². The highest BCUT2D eigenvalue weighted by atomic mass is 79.9. The molecule has 2 N–H and O–H groups in total. The highest BCUT2D eigenvalue weighted by molar-refractivity contribution is 9.10. The van der Waals surface area contributed by atoms with Crippen LogP contribution >= 0.6 is 15.9 Å². The van der Waals surface area contributed by atoms with Gasteiger partial charge in [-0.05, 0) is 78.4 Å². The molecule has 1 aliphatic rings. The average Bonchev–Trinajstić information content (AvgIpc) is 3.57. The Hall–Kier alpha value is -2.92. The molecule has 1 saturated carbocycles. The van der Waals surface area contributed by atoms with E-state index >= 15 is 0 Å². The maximum Gasteiger partial charge on any atom is 0.254 e. The van der Waals surface area contributed by atoms with Crippen LogP contribution in [0.2, 0.25) is 0 Å². The number of aryl methyl sites for hydroxylation is 1. The lowest BCUT2D eigenvalue weighted by molar-refractivity contribution is 0.0729. The number of halogens is 1. The lowest BCUT2D eigenvalue weighted by Crippen LogP contribution is -2.32. The fourth-order valence-corrected chi connectivity index (χ4v) is 4.08. The van der Waals surface area contributed by atoms with Crippen molar-refractivity contribution in [1.29, 1.82) is 0 Å². The van der Waals surface area contributed by atoms with Gasteiger partial charge in [-0.25, -0.2) is 0 Å². The highest BCUT2D eigenvalue weighted by Gasteiger charge is 2.33. The minimum Gasteiger partial charge on any atom is -0.366 e. The second-order valence-electron chi connectivity index (χ2n) is 7.77. The van der Waals surface area contributed by atoms with Crippen molar-refractivity contribution in [1.82, 2.24) is 4.90 Å². The van der Waals surface area contributed by atoms with E-state index in [2.05, 4.69) is 22.0 Å². The summed E-state index contributed by atoms with van der Waals surface area (Å²) in [5.74, 6) is -0.401. The molecule has 1 fully saturated rings. The summed E-state index contributed by atoms with van der Waals surface area (Å²) in [5.41, 5.74) is 10.6. The Morgan fingerprint density at radius 3 is 2.33 bits per heavy atom. The van der Waals surface area contributed by atoms with E-state index in [1.807, 2.05) is 60.4 Å². The summed E-state index contributed by atoms with van der Waals surface area (Å²) in [5, 5.41) is 0. The van der Waals surface area contributed by atoms with Gasteiger partial charge >= 0.3 is 0 Å². The third-order valence-electron chi connectivity index (χ3n) is 5.46. The molecule has 0 aromatic heterocycles. The van der Waals surface area contributed by atoms with Gasteiger partial charge in [-0.3, -0.25) is 9.59 Å². The molecule has 0 heterocycles. The molecule has 0 radical (unpaired) electrons. The van der Waals surface area contributed by atoms with Crippen LogP contribution in [0.1, 0.15) is 44.7 Å². The average molecular weight is 463 g/mol. The van der Waals surface area contributed by atoms with Gasteiger partial charge in [0.2, 0.25) is 5.91 Å². The third kappa shape index (κ3) is 4.46. The van der Waals surface area contributed by atoms with E-state index in [1.165, 1.54) is 0 Å². The van der Waals surface area contributed by atoms with Gasteiger partial charge in [-0.2, -0.15) is 0 Å². The van der Waals surface area contributed by atoms with Crippen LogP contribution in [-0.2, 0) is 6.54 Å². The maximum absolute atomic E-state index is 13.4. The van der Waals surface area contributed by atoms with Crippen LogP contribution < -0.4 is 5.73 Å². The number of nitrogens with two attached hydrogens (primary N) is 1. The summed E-state index contributed by atoms with van der Waals surface area (Å²) < 4.78 is 1.01. The number of carbonyl (C=O) groups excluding carboxylic acids is 2. The van der Waals surface area contributed by atoms with Crippen LogP contribution in [0.4, 0.5) is 0 Å². The monoisotopic (exact) mass is 462 g/mol. The number of carbonyl (C=O) groups is 2. The molecule has 1 aliphatic carbocycles. The fourth-order valence-electron chi connectivity index (χ4n) is 3.63. The first-order valence-electron chi connectivity index (χ1n) is 9.98. The molecule has 4 rings (SSSR count). The van der Waals surface area contributed by atoms with Crippen LogP contribution in [0.3, 0.4) is 0 Å². The van der Waals surface area contributed by atoms with Crippen molar-refractivity contribution in [3.8, 4) is 11.1 Å². The topological polar surface area (TPSA) is 63.4 Å². The molecule has 3 aromatic carbocycles. The Morgan fingerprint density at radius 2 is 1.70 bits per heavy atom. The van der Waals surface area contributed by atoms with E-state index in [1.54, 1.807) is 12.1 Å². The van der Waals surface area contributed by atoms with Crippen LogP contribution in [0.5, 0.6) is 0 Å². The van der Waals surface area contributed by atoms with E-state index in [-0.39, 0.29) is 5.91 Å². The van der Waals surface area contributed by atoms with Crippen molar-refractivity contribution in [2.75, 3.05) is 0 Å². The Kier molecular flexibility index (Phi) is 5.73. The number of hydrogen-bond donors (Lipinski definition) is 1. The van der Waals surface area contributed by atoms with E-state index in [4.69, 9.17) is 5.73 Å². The minimum atomic E-state index is -0.449. The predicted molar refractivity (Wildman–Crippen MR) is 122 cm³/mol. The normalized spacial score (nSPS) is 13.1. The zero-order valence-electron chi connectivity index (χ0n) is 16.8. The SMILES string of the molecule is Cc1ccc(C(=O)N(Cc2cccc(Br)c2)C2CC2)cc1-c1ccc(C(N)=O)cc1. The molecule has 0 saturated heterocycles. The fraction of sp³-hybridized carbons (Fsp3) is 0.200. The van der Waals surface area contributed by atoms with Crippen molar-refractivity contribution >= 4 is 27.7 Å². The molecule has 4 nitrogen and oxygen atoms in total. The van der Waals surface area contributed by atoms with Crippen LogP contribution in [0, 0.1) is 6.92 Å². The Labute approximate surface area is 184 Å². The van der Waals surface area contributed by atoms with Crippen molar-refractivity contribution < 1.29 is 9.59 Å². The lowest BCUT2D eigenvalue weighted by atomic mass is 9.96. The summed E-state index contributed by atoms with van der Waals surface area (Å²) in [7, 11) is 0. The van der Waals surface area contributed by atoms with Gasteiger partial charge in [-0.15, -0.1) is 0 Å². The number of benzene rings is 3. The molecule has 30 heavy (non-hydrogen) atoms. The molecule has 0 aliphatic heterocycles. The van der Waals surface area contributed by atoms with Gasteiger partial charge in [0.25, 0.3) is 5.91 Å². The summed E-state index contributed by atoms with van der Waals surface area (Å²) in [6, 6.07) is 21.4. The third-order valence-corrected chi connectivity index (χ3v) is 5.95. The zero-order chi connectivity index (χ0) is 21.3. The standard InChI is InChI=1S/C25H23BrN2O2/c1-16-5-6-20(14-23(16)18-7-9-19(10-8-18)24(27)29)25(30)28(22-11-12-22)15-17-3-2-4-21(26)13-17/h2-10,13-14,22H,11-12,15H2,1H3,(H2,27,29). The number of primary amides is 1. The first-order chi connectivity index (χ1) is 14.4. The first-order valence-corrected chi connectivity index (χ1v) is 10.8. The van der Waals surface area contributed by atoms with Crippen LogP contribution in [0.15, 0.2) is 71.2 Å². The van der Waals surface area contributed by atoms with Crippen LogP contribution in [0.25, 0.3) is 11.1 Å². The van der Waals surface area contributed by atoms with E-state index in [0.717, 1.165) is 39.6 Å². The number of nitrogens with zero attached hydrogens (tertiary/aromatic N) is 1. The molecule has 3 aromatic rings. The quantitative estimate of drug-likeness (QED) is 0.537. The zero-order valence-corrected chi connectivity index (χ0v) is 18.4. The van der Waals surface area contributed by atoms with Gasteiger partial charge in [0, 0.05) is 28.2 Å². The molecule has 152 valence electrons. The van der Waals surface area contributed by atoms with Gasteiger partial charge in [-0.1, -0.05) is 46.3 Å². The highest BCUT2D eigenvalue weighted by Crippen LogP contribution is 2.32. The Balaban J connectivity index is 1.63. The van der Waals surface area contributed by atoms with Crippen LogP contribution in [-0.4, -0.2) is 22.8 Å². The van der Waals surface area contributed by atoms with E-state index in [0.29, 0.717) is 23.7 Å². The smallest absolute Gasteiger partial charge is 0.254 e. The molecule has 0 spiro atoms. The Morgan fingerprint density at radius 1 is 1.00 bits per heavy atom. The maximum atomic E-state index is 13.4. The number of hydrogen-bond acceptors (Lipinski definition) is 2. The summed E-state index contributed by atoms with van der Waals surface area (Å²) >= 11 is 3.51. The van der Waals surface area contributed by atoms with E-state index in [9.17, 15) is 9.59 Å². The molecule has 0 unspecified atom stereocenters. The molecular formula is C25H23BrN2O2. The number of rotatable bonds is 6. The van der Waals surface area contributed by atoms with Crippen molar-refractivity contribution in [2.24, 2.45) is 5.73 Å². The predicted octanol–water partition coefficient (Wildman–Crippen LogP) is 5.33. The molecule has 5 heteroatoms.